The summed E-state index contributed by atoms with van der Waals surface area (Å²) in [7, 11) is 2.43. The number of ether oxygens (including phenoxy) is 2. The molecular formula is C11H13NO4. The van der Waals surface area contributed by atoms with Crippen molar-refractivity contribution < 1.29 is 19.1 Å². The van der Waals surface area contributed by atoms with Crippen molar-refractivity contribution in [1.29, 1.82) is 0 Å². The fourth-order valence-corrected chi connectivity index (χ4v) is 1.29. The first-order valence-corrected chi connectivity index (χ1v) is 4.68. The van der Waals surface area contributed by atoms with Crippen molar-refractivity contribution in [3.05, 3.63) is 29.6 Å². The minimum Gasteiger partial charge on any atom is -0.468 e. The van der Waals surface area contributed by atoms with E-state index in [1.165, 1.54) is 20.4 Å². The van der Waals surface area contributed by atoms with E-state index in [1.54, 1.807) is 12.1 Å². The molecule has 0 N–H and O–H groups in total. The first kappa shape index (κ1) is 12.2. The first-order valence-electron chi connectivity index (χ1n) is 4.68. The molecule has 86 valence electrons. The van der Waals surface area contributed by atoms with Crippen molar-refractivity contribution in [3.63, 3.8) is 0 Å². The lowest BCUT2D eigenvalue weighted by molar-refractivity contribution is -0.154. The molecule has 1 aromatic rings. The van der Waals surface area contributed by atoms with E-state index in [1.807, 2.05) is 6.92 Å². The third kappa shape index (κ3) is 2.56. The highest BCUT2D eigenvalue weighted by Gasteiger charge is 2.31. The van der Waals surface area contributed by atoms with Gasteiger partial charge in [0.15, 0.2) is 5.92 Å². The van der Waals surface area contributed by atoms with Gasteiger partial charge < -0.3 is 9.47 Å². The maximum atomic E-state index is 11.5. The minimum absolute atomic E-state index is 0.332. The van der Waals surface area contributed by atoms with E-state index in [9.17, 15) is 9.59 Å². The molecular weight excluding hydrogens is 210 g/mol. The van der Waals surface area contributed by atoms with Crippen LogP contribution in [0.3, 0.4) is 0 Å². The number of pyridine rings is 1. The van der Waals surface area contributed by atoms with Crippen molar-refractivity contribution in [3.8, 4) is 0 Å². The van der Waals surface area contributed by atoms with Gasteiger partial charge in [-0.05, 0) is 24.6 Å². The fraction of sp³-hybridized carbons (Fsp3) is 0.364. The summed E-state index contributed by atoms with van der Waals surface area (Å²) in [4.78, 5) is 26.9. The second-order valence-electron chi connectivity index (χ2n) is 3.24. The van der Waals surface area contributed by atoms with Crippen LogP contribution < -0.4 is 0 Å². The van der Waals surface area contributed by atoms with Gasteiger partial charge in [-0.3, -0.25) is 14.6 Å². The topological polar surface area (TPSA) is 65.5 Å². The highest BCUT2D eigenvalue weighted by molar-refractivity contribution is 6.00. The van der Waals surface area contributed by atoms with Crippen LogP contribution in [0.4, 0.5) is 0 Å². The van der Waals surface area contributed by atoms with E-state index >= 15 is 0 Å². The lowest BCUT2D eigenvalue weighted by Crippen LogP contribution is -2.25. The highest BCUT2D eigenvalue weighted by atomic mass is 16.5. The van der Waals surface area contributed by atoms with E-state index in [-0.39, 0.29) is 0 Å². The van der Waals surface area contributed by atoms with Gasteiger partial charge >= 0.3 is 11.9 Å². The van der Waals surface area contributed by atoms with Crippen LogP contribution in [0, 0.1) is 6.92 Å². The molecule has 16 heavy (non-hydrogen) atoms. The van der Waals surface area contributed by atoms with Crippen LogP contribution in [0.15, 0.2) is 18.3 Å². The Hall–Kier alpha value is -1.91. The number of hydrogen-bond donors (Lipinski definition) is 0. The number of hydrogen-bond acceptors (Lipinski definition) is 5. The molecule has 1 rings (SSSR count). The molecule has 0 bridgehead atoms. The zero-order valence-electron chi connectivity index (χ0n) is 9.39. The standard InChI is InChI=1S/C11H13NO4/c1-7-4-5-12-8(6-7)9(10(13)15-2)11(14)16-3/h4-6,9H,1-3H3. The maximum Gasteiger partial charge on any atom is 0.326 e. The first-order chi connectivity index (χ1) is 7.60. The number of methoxy groups -OCH3 is 2. The molecule has 5 heteroatoms. The van der Waals surface area contributed by atoms with Crippen LogP contribution in [-0.2, 0) is 19.1 Å². The molecule has 0 aliphatic rings. The Kier molecular flexibility index (Phi) is 3.99. The van der Waals surface area contributed by atoms with E-state index in [2.05, 4.69) is 14.5 Å². The van der Waals surface area contributed by atoms with Gasteiger partial charge in [-0.2, -0.15) is 0 Å². The normalized spacial score (nSPS) is 10.0. The van der Waals surface area contributed by atoms with Crippen LogP contribution in [-0.4, -0.2) is 31.1 Å². The van der Waals surface area contributed by atoms with E-state index in [0.717, 1.165) is 5.56 Å². The Bertz CT molecular complexity index is 387. The van der Waals surface area contributed by atoms with Crippen LogP contribution in [0.1, 0.15) is 17.2 Å². The van der Waals surface area contributed by atoms with Gasteiger partial charge in [0.2, 0.25) is 0 Å². The third-order valence-corrected chi connectivity index (χ3v) is 2.11. The predicted octanol–water partition coefficient (Wildman–Crippen LogP) is 0.820. The summed E-state index contributed by atoms with van der Waals surface area (Å²) in [5.74, 6) is -2.47. The SMILES string of the molecule is COC(=O)C(C(=O)OC)c1cc(C)ccn1. The second kappa shape index (κ2) is 5.25. The summed E-state index contributed by atoms with van der Waals surface area (Å²) < 4.78 is 9.10. The van der Waals surface area contributed by atoms with Gasteiger partial charge in [0, 0.05) is 6.20 Å². The number of aromatic nitrogens is 1. The monoisotopic (exact) mass is 223 g/mol. The van der Waals surface area contributed by atoms with Crippen LogP contribution in [0.25, 0.3) is 0 Å². The van der Waals surface area contributed by atoms with E-state index in [0.29, 0.717) is 5.69 Å². The average molecular weight is 223 g/mol. The van der Waals surface area contributed by atoms with Crippen molar-refractivity contribution in [2.24, 2.45) is 0 Å². The number of carbonyl (C=O) groups is 2. The number of aryl methyl sites for hydroxylation is 1. The van der Waals surface area contributed by atoms with Gasteiger partial charge in [-0.25, -0.2) is 0 Å². The lowest BCUT2D eigenvalue weighted by Gasteiger charge is -2.11. The van der Waals surface area contributed by atoms with Crippen molar-refractivity contribution >= 4 is 11.9 Å². The van der Waals surface area contributed by atoms with Crippen molar-refractivity contribution in [1.82, 2.24) is 4.98 Å². The number of esters is 2. The molecule has 5 nitrogen and oxygen atoms in total. The molecule has 0 aromatic carbocycles. The molecule has 0 fully saturated rings. The van der Waals surface area contributed by atoms with Crippen LogP contribution >= 0.6 is 0 Å². The van der Waals surface area contributed by atoms with Gasteiger partial charge in [0.1, 0.15) is 0 Å². The molecule has 0 saturated heterocycles. The average Bonchev–Trinajstić information content (AvgIpc) is 2.29. The molecule has 0 atom stereocenters. The summed E-state index contributed by atoms with van der Waals surface area (Å²) in [5, 5.41) is 0. The molecule has 0 aliphatic heterocycles. The number of carbonyl (C=O) groups excluding carboxylic acids is 2. The molecule has 0 aliphatic carbocycles. The quantitative estimate of drug-likeness (QED) is 0.560. The summed E-state index contributed by atoms with van der Waals surface area (Å²) >= 11 is 0. The summed E-state index contributed by atoms with van der Waals surface area (Å²) in [6, 6.07) is 3.42. The fourth-order valence-electron chi connectivity index (χ4n) is 1.29. The molecule has 0 spiro atoms. The minimum atomic E-state index is -1.12. The molecule has 0 saturated carbocycles. The Balaban J connectivity index is 3.10. The van der Waals surface area contributed by atoms with Gasteiger partial charge in [0.05, 0.1) is 19.9 Å². The zero-order valence-corrected chi connectivity index (χ0v) is 9.39. The zero-order chi connectivity index (χ0) is 12.1. The molecule has 0 amide bonds. The van der Waals surface area contributed by atoms with Crippen molar-refractivity contribution in [2.75, 3.05) is 14.2 Å². The van der Waals surface area contributed by atoms with Crippen molar-refractivity contribution in [2.45, 2.75) is 12.8 Å². The van der Waals surface area contributed by atoms with Gasteiger partial charge in [-0.1, -0.05) is 0 Å². The van der Waals surface area contributed by atoms with Gasteiger partial charge in [0.25, 0.3) is 0 Å². The summed E-state index contributed by atoms with van der Waals surface area (Å²) in [6.45, 7) is 1.84. The van der Waals surface area contributed by atoms with E-state index in [4.69, 9.17) is 0 Å². The Morgan fingerprint density at radius 3 is 2.25 bits per heavy atom. The molecule has 1 aromatic heterocycles. The van der Waals surface area contributed by atoms with Crippen LogP contribution in [0.5, 0.6) is 0 Å². The Labute approximate surface area is 93.4 Å². The highest BCUT2D eigenvalue weighted by Crippen LogP contribution is 2.17. The third-order valence-electron chi connectivity index (χ3n) is 2.11. The largest absolute Gasteiger partial charge is 0.468 e. The Morgan fingerprint density at radius 1 is 1.25 bits per heavy atom. The van der Waals surface area contributed by atoms with E-state index < -0.39 is 17.9 Å². The smallest absolute Gasteiger partial charge is 0.326 e. The number of rotatable bonds is 3. The second-order valence-corrected chi connectivity index (χ2v) is 3.24. The molecule has 0 unspecified atom stereocenters. The lowest BCUT2D eigenvalue weighted by atomic mass is 10.0. The predicted molar refractivity (Wildman–Crippen MR) is 55.7 cm³/mol. The summed E-state index contributed by atoms with van der Waals surface area (Å²) in [6.07, 6.45) is 1.53. The van der Waals surface area contributed by atoms with Gasteiger partial charge in [-0.15, -0.1) is 0 Å². The molecule has 0 radical (unpaired) electrons. The van der Waals surface area contributed by atoms with Crippen LogP contribution in [0.2, 0.25) is 0 Å². The summed E-state index contributed by atoms with van der Waals surface area (Å²) in [5.41, 5.74) is 1.24. The Morgan fingerprint density at radius 2 is 1.81 bits per heavy atom. The maximum absolute atomic E-state index is 11.5. The number of nitrogens with zero attached hydrogens (tertiary/aromatic N) is 1. The molecule has 1 heterocycles.